The maximum atomic E-state index is 3.39. The van der Waals surface area contributed by atoms with Gasteiger partial charge in [-0.05, 0) is 23.8 Å². The van der Waals surface area contributed by atoms with Crippen LogP contribution in [0.5, 0.6) is 0 Å². The Bertz CT molecular complexity index is 898. The summed E-state index contributed by atoms with van der Waals surface area (Å²) in [5.41, 5.74) is 2.42. The van der Waals surface area contributed by atoms with Gasteiger partial charge in [0.15, 0.2) is 0 Å². The van der Waals surface area contributed by atoms with Crippen LogP contribution in [-0.2, 0) is 0 Å². The molecule has 0 aliphatic rings. The van der Waals surface area contributed by atoms with E-state index in [1.807, 2.05) is 12.1 Å². The fourth-order valence-electron chi connectivity index (χ4n) is 3.04. The van der Waals surface area contributed by atoms with Crippen LogP contribution in [0.4, 0.5) is 0 Å². The summed E-state index contributed by atoms with van der Waals surface area (Å²) in [6.07, 6.45) is 0. The van der Waals surface area contributed by atoms with E-state index in [9.17, 15) is 0 Å². The molecule has 4 rings (SSSR count). The number of rotatable bonds is 4. The Morgan fingerprint density at radius 2 is 1.08 bits per heavy atom. The first kappa shape index (κ1) is 18.7. The van der Waals surface area contributed by atoms with E-state index in [4.69, 9.17) is 0 Å². The van der Waals surface area contributed by atoms with Crippen molar-refractivity contribution in [1.29, 1.82) is 0 Å². The third-order valence-electron chi connectivity index (χ3n) is 4.17. The fourth-order valence-corrected chi connectivity index (χ4v) is 5.50. The van der Waals surface area contributed by atoms with Gasteiger partial charge in [-0.1, -0.05) is 90.5 Å². The van der Waals surface area contributed by atoms with E-state index in [0.29, 0.717) is 0 Å². The molecule has 26 heavy (non-hydrogen) atoms. The Kier molecular flexibility index (Phi) is 6.49. The number of hydrogen-bond acceptors (Lipinski definition) is 0. The molecule has 4 aromatic carbocycles. The van der Waals surface area contributed by atoms with E-state index in [1.165, 1.54) is 21.5 Å². The molecule has 0 radical (unpaired) electrons. The summed E-state index contributed by atoms with van der Waals surface area (Å²) >= 11 is 0. The second kappa shape index (κ2) is 9.02. The third kappa shape index (κ3) is 4.00. The second-order valence-electron chi connectivity index (χ2n) is 5.80. The maximum absolute atomic E-state index is 3.39. The molecule has 2 heteroatoms. The Balaban J connectivity index is 0.00000196. The molecule has 0 saturated carbocycles. The van der Waals surface area contributed by atoms with Gasteiger partial charge in [-0.15, -0.1) is 35.9 Å². The molecule has 0 fully saturated rings. The van der Waals surface area contributed by atoms with E-state index in [0.717, 1.165) is 5.56 Å². The summed E-state index contributed by atoms with van der Waals surface area (Å²) in [6, 6.07) is 42.0. The summed E-state index contributed by atoms with van der Waals surface area (Å²) in [5, 5.41) is 4.11. The van der Waals surface area contributed by atoms with Gasteiger partial charge >= 0.3 is 18.9 Å². The van der Waals surface area contributed by atoms with Crippen molar-refractivity contribution in [2.24, 2.45) is 0 Å². The Morgan fingerprint density at radius 1 is 0.538 bits per heavy atom. The van der Waals surface area contributed by atoms with Crippen molar-refractivity contribution in [3.8, 4) is 11.1 Å². The zero-order valence-electron chi connectivity index (χ0n) is 14.8. The molecule has 0 saturated heterocycles. The van der Waals surface area contributed by atoms with Gasteiger partial charge in [0.05, 0.1) is 0 Å². The number of benzene rings is 4. The topological polar surface area (TPSA) is 0 Å². The molecular formula is C24H18LiP. The predicted octanol–water partition coefficient (Wildman–Crippen LogP) is 1.92. The minimum absolute atomic E-state index is 0. The van der Waals surface area contributed by atoms with E-state index in [2.05, 4.69) is 103 Å². The van der Waals surface area contributed by atoms with Crippen molar-refractivity contribution in [3.63, 3.8) is 0 Å². The SMILES string of the molecule is [Li+].[c-]1ccccc1-c1ccccc1P(c1ccccc1)c1ccccc1. The minimum atomic E-state index is -0.610. The zero-order valence-corrected chi connectivity index (χ0v) is 15.7. The van der Waals surface area contributed by atoms with Gasteiger partial charge in [0.25, 0.3) is 0 Å². The molecule has 120 valence electrons. The van der Waals surface area contributed by atoms with Crippen LogP contribution in [-0.4, -0.2) is 0 Å². The molecule has 0 nitrogen and oxygen atoms in total. The van der Waals surface area contributed by atoms with Gasteiger partial charge in [0, 0.05) is 0 Å². The molecular weight excluding hydrogens is 326 g/mol. The summed E-state index contributed by atoms with van der Waals surface area (Å²) in [7, 11) is -0.610. The van der Waals surface area contributed by atoms with Crippen molar-refractivity contribution >= 4 is 23.8 Å². The van der Waals surface area contributed by atoms with Crippen molar-refractivity contribution in [3.05, 3.63) is 115 Å². The van der Waals surface area contributed by atoms with Gasteiger partial charge in [0.1, 0.15) is 0 Å². The molecule has 0 unspecified atom stereocenters. The van der Waals surface area contributed by atoms with Crippen molar-refractivity contribution in [2.75, 3.05) is 0 Å². The van der Waals surface area contributed by atoms with Gasteiger partial charge in [0.2, 0.25) is 0 Å². The van der Waals surface area contributed by atoms with Crippen LogP contribution in [0, 0.1) is 6.07 Å². The molecule has 0 aliphatic heterocycles. The first-order valence-electron chi connectivity index (χ1n) is 8.40. The average Bonchev–Trinajstić information content (AvgIpc) is 2.71. The Hall–Kier alpha value is -2.09. The summed E-state index contributed by atoms with van der Waals surface area (Å²) in [6.45, 7) is 0. The predicted molar refractivity (Wildman–Crippen MR) is 109 cm³/mol. The first-order chi connectivity index (χ1) is 12.4. The molecule has 4 aromatic rings. The van der Waals surface area contributed by atoms with Crippen molar-refractivity contribution in [1.82, 2.24) is 0 Å². The molecule has 0 atom stereocenters. The Morgan fingerprint density at radius 3 is 1.65 bits per heavy atom. The van der Waals surface area contributed by atoms with Crippen LogP contribution in [0.15, 0.2) is 109 Å². The molecule has 0 aromatic heterocycles. The molecule has 0 amide bonds. The van der Waals surface area contributed by atoms with Crippen LogP contribution in [0.25, 0.3) is 11.1 Å². The summed E-state index contributed by atoms with van der Waals surface area (Å²) in [4.78, 5) is 0. The number of hydrogen-bond donors (Lipinski definition) is 0. The average molecular weight is 344 g/mol. The smallest absolute Gasteiger partial charge is 0.147 e. The maximum Gasteiger partial charge on any atom is 1.00 e. The van der Waals surface area contributed by atoms with E-state index < -0.39 is 7.92 Å². The molecule has 0 spiro atoms. The van der Waals surface area contributed by atoms with E-state index >= 15 is 0 Å². The quantitative estimate of drug-likeness (QED) is 0.301. The second-order valence-corrected chi connectivity index (χ2v) is 7.99. The van der Waals surface area contributed by atoms with Crippen LogP contribution < -0.4 is 34.8 Å². The van der Waals surface area contributed by atoms with Crippen molar-refractivity contribution in [2.45, 2.75) is 0 Å². The normalized spacial score (nSPS) is 10.3. The minimum Gasteiger partial charge on any atom is -0.147 e. The van der Waals surface area contributed by atoms with Gasteiger partial charge in [-0.2, -0.15) is 0 Å². The van der Waals surface area contributed by atoms with E-state index in [1.54, 1.807) is 0 Å². The van der Waals surface area contributed by atoms with Gasteiger partial charge in [-0.3, -0.25) is 0 Å². The third-order valence-corrected chi connectivity index (χ3v) is 6.67. The van der Waals surface area contributed by atoms with Crippen molar-refractivity contribution < 1.29 is 18.9 Å². The summed E-state index contributed by atoms with van der Waals surface area (Å²) in [5.74, 6) is 0. The molecule has 0 bridgehead atoms. The van der Waals surface area contributed by atoms with Crippen LogP contribution in [0.2, 0.25) is 0 Å². The summed E-state index contributed by atoms with van der Waals surface area (Å²) < 4.78 is 0. The molecule has 0 N–H and O–H groups in total. The zero-order chi connectivity index (χ0) is 16.9. The molecule has 0 aliphatic carbocycles. The van der Waals surface area contributed by atoms with Crippen LogP contribution >= 0.6 is 7.92 Å². The largest absolute Gasteiger partial charge is 1.00 e. The fraction of sp³-hybridized carbons (Fsp3) is 0. The van der Waals surface area contributed by atoms with Gasteiger partial charge in [-0.25, -0.2) is 0 Å². The van der Waals surface area contributed by atoms with Gasteiger partial charge < -0.3 is 0 Å². The van der Waals surface area contributed by atoms with Crippen LogP contribution in [0.1, 0.15) is 0 Å². The first-order valence-corrected chi connectivity index (χ1v) is 9.74. The monoisotopic (exact) mass is 344 g/mol. The molecule has 0 heterocycles. The Labute approximate surface area is 168 Å². The van der Waals surface area contributed by atoms with E-state index in [-0.39, 0.29) is 18.9 Å². The van der Waals surface area contributed by atoms with Crippen LogP contribution in [0.3, 0.4) is 0 Å². The standard InChI is InChI=1S/C24H18P.Li/c1-4-12-20(13-5-1)23-18-10-11-19-24(23)25(21-14-6-2-7-15-21)22-16-8-3-9-17-22;/h1-12,14-19H;/q-1;+1.